The number of nitrogens with one attached hydrogen (secondary N) is 1. The van der Waals surface area contributed by atoms with Gasteiger partial charge in [0.2, 0.25) is 5.91 Å². The molecule has 0 spiro atoms. The molecule has 0 atom stereocenters. The molecule has 0 heterocycles. The van der Waals surface area contributed by atoms with Crippen LogP contribution < -0.4 is 5.32 Å². The van der Waals surface area contributed by atoms with Crippen LogP contribution in [0.4, 0.5) is 10.1 Å². The van der Waals surface area contributed by atoms with E-state index in [1.165, 1.54) is 19.1 Å². The van der Waals surface area contributed by atoms with Gasteiger partial charge in [-0.25, -0.2) is 4.39 Å². The van der Waals surface area contributed by atoms with E-state index in [-0.39, 0.29) is 17.3 Å². The summed E-state index contributed by atoms with van der Waals surface area (Å²) in [6.07, 6.45) is 0. The lowest BCUT2D eigenvalue weighted by atomic mass is 10.0. The van der Waals surface area contributed by atoms with Crippen molar-refractivity contribution in [2.45, 2.75) is 6.92 Å². The maximum Gasteiger partial charge on any atom is 0.221 e. The second-order valence-electron chi connectivity index (χ2n) is 4.25. The van der Waals surface area contributed by atoms with E-state index in [2.05, 4.69) is 21.2 Å². The predicted octanol–water partition coefficient (Wildman–Crippen LogP) is 3.78. The molecule has 2 aromatic carbocycles. The fourth-order valence-electron chi connectivity index (χ4n) is 1.76. The van der Waals surface area contributed by atoms with Crippen LogP contribution in [0.1, 0.15) is 22.8 Å². The molecule has 0 aliphatic heterocycles. The lowest BCUT2D eigenvalue weighted by Gasteiger charge is -2.05. The molecule has 2 rings (SSSR count). The lowest BCUT2D eigenvalue weighted by Crippen LogP contribution is -2.06. The topological polar surface area (TPSA) is 46.2 Å². The number of hydrogen-bond donors (Lipinski definition) is 1. The van der Waals surface area contributed by atoms with Crippen molar-refractivity contribution in [1.29, 1.82) is 0 Å². The second-order valence-corrected chi connectivity index (χ2v) is 5.16. The van der Waals surface area contributed by atoms with Crippen LogP contribution in [0, 0.1) is 5.82 Å². The number of halogens is 2. The summed E-state index contributed by atoms with van der Waals surface area (Å²) in [6.45, 7) is 1.41. The zero-order chi connectivity index (χ0) is 14.7. The Labute approximate surface area is 123 Å². The van der Waals surface area contributed by atoms with Gasteiger partial charge in [-0.15, -0.1) is 0 Å². The Hall–Kier alpha value is -2.01. The summed E-state index contributed by atoms with van der Waals surface area (Å²) in [5, 5.41) is 2.61. The Morgan fingerprint density at radius 3 is 2.25 bits per heavy atom. The van der Waals surface area contributed by atoms with Crippen LogP contribution in [0.5, 0.6) is 0 Å². The van der Waals surface area contributed by atoms with Crippen molar-refractivity contribution in [1.82, 2.24) is 0 Å². The summed E-state index contributed by atoms with van der Waals surface area (Å²) in [4.78, 5) is 23.1. The molecule has 0 fully saturated rings. The molecule has 2 aromatic rings. The monoisotopic (exact) mass is 335 g/mol. The number of rotatable bonds is 3. The van der Waals surface area contributed by atoms with E-state index in [0.29, 0.717) is 15.7 Å². The number of ketones is 1. The molecule has 20 heavy (non-hydrogen) atoms. The van der Waals surface area contributed by atoms with Gasteiger partial charge in [0.25, 0.3) is 0 Å². The van der Waals surface area contributed by atoms with Gasteiger partial charge in [-0.2, -0.15) is 0 Å². The van der Waals surface area contributed by atoms with Crippen LogP contribution >= 0.6 is 15.9 Å². The average molecular weight is 336 g/mol. The molecule has 102 valence electrons. The van der Waals surface area contributed by atoms with Crippen molar-refractivity contribution in [3.8, 4) is 0 Å². The third-order valence-corrected chi connectivity index (χ3v) is 3.05. The largest absolute Gasteiger partial charge is 0.326 e. The molecule has 5 heteroatoms. The van der Waals surface area contributed by atoms with Crippen LogP contribution in [0.3, 0.4) is 0 Å². The third kappa shape index (κ3) is 3.51. The minimum Gasteiger partial charge on any atom is -0.326 e. The molecule has 0 saturated heterocycles. The number of benzene rings is 2. The van der Waals surface area contributed by atoms with Crippen molar-refractivity contribution in [3.05, 3.63) is 63.9 Å². The quantitative estimate of drug-likeness (QED) is 0.867. The Morgan fingerprint density at radius 2 is 1.70 bits per heavy atom. The zero-order valence-electron chi connectivity index (χ0n) is 10.6. The van der Waals surface area contributed by atoms with Crippen molar-refractivity contribution in [2.24, 2.45) is 0 Å². The Kier molecular flexibility index (Phi) is 4.29. The fraction of sp³-hybridized carbons (Fsp3) is 0.0667. The molecule has 3 nitrogen and oxygen atoms in total. The van der Waals surface area contributed by atoms with Gasteiger partial charge < -0.3 is 5.32 Å². The van der Waals surface area contributed by atoms with Crippen molar-refractivity contribution in [2.75, 3.05) is 5.32 Å². The van der Waals surface area contributed by atoms with Gasteiger partial charge in [-0.1, -0.05) is 15.9 Å². The van der Waals surface area contributed by atoms with Crippen LogP contribution in [-0.4, -0.2) is 11.7 Å². The summed E-state index contributed by atoms with van der Waals surface area (Å²) >= 11 is 3.15. The minimum absolute atomic E-state index is 0.182. The Balaban J connectivity index is 2.26. The van der Waals surface area contributed by atoms with Gasteiger partial charge in [-0.05, 0) is 42.5 Å². The number of carbonyl (C=O) groups is 2. The first-order chi connectivity index (χ1) is 9.45. The van der Waals surface area contributed by atoms with Crippen LogP contribution in [0.2, 0.25) is 0 Å². The van der Waals surface area contributed by atoms with Gasteiger partial charge in [0.1, 0.15) is 5.82 Å². The van der Waals surface area contributed by atoms with Crippen LogP contribution in [0.15, 0.2) is 46.9 Å². The van der Waals surface area contributed by atoms with E-state index in [0.717, 1.165) is 0 Å². The first kappa shape index (κ1) is 14.4. The predicted molar refractivity (Wildman–Crippen MR) is 78.3 cm³/mol. The summed E-state index contributed by atoms with van der Waals surface area (Å²) in [7, 11) is 0. The minimum atomic E-state index is -0.474. The highest BCUT2D eigenvalue weighted by atomic mass is 79.9. The maximum absolute atomic E-state index is 13.3. The number of carbonyl (C=O) groups excluding carboxylic acids is 2. The van der Waals surface area contributed by atoms with E-state index in [1.54, 1.807) is 30.3 Å². The summed E-state index contributed by atoms with van der Waals surface area (Å²) < 4.78 is 13.8. The second kappa shape index (κ2) is 5.96. The standard InChI is InChI=1S/C15H11BrFNO2/c1-9(19)18-14-4-2-10(3-5-14)15(20)11-6-12(16)8-13(17)7-11/h2-8H,1H3,(H,18,19). The van der Waals surface area contributed by atoms with Crippen LogP contribution in [-0.2, 0) is 4.79 Å². The normalized spacial score (nSPS) is 10.2. The number of amides is 1. The number of anilines is 1. The highest BCUT2D eigenvalue weighted by molar-refractivity contribution is 9.10. The summed E-state index contributed by atoms with van der Waals surface area (Å²) in [6, 6.07) is 10.5. The molecule has 0 saturated carbocycles. The molecule has 1 N–H and O–H groups in total. The lowest BCUT2D eigenvalue weighted by molar-refractivity contribution is -0.114. The van der Waals surface area contributed by atoms with Gasteiger partial charge in [-0.3, -0.25) is 9.59 Å². The molecule has 0 aliphatic rings. The van der Waals surface area contributed by atoms with Crippen LogP contribution in [0.25, 0.3) is 0 Å². The summed E-state index contributed by atoms with van der Waals surface area (Å²) in [5.41, 5.74) is 1.30. The van der Waals surface area contributed by atoms with E-state index in [1.807, 2.05) is 0 Å². The Bertz CT molecular complexity index is 648. The van der Waals surface area contributed by atoms with Gasteiger partial charge in [0.05, 0.1) is 0 Å². The molecular weight excluding hydrogens is 325 g/mol. The van der Waals surface area contributed by atoms with Crippen molar-refractivity contribution >= 4 is 33.3 Å². The van der Waals surface area contributed by atoms with Gasteiger partial charge in [0.15, 0.2) is 5.78 Å². The van der Waals surface area contributed by atoms with E-state index < -0.39 is 5.82 Å². The molecule has 1 amide bonds. The number of hydrogen-bond acceptors (Lipinski definition) is 2. The van der Waals surface area contributed by atoms with E-state index >= 15 is 0 Å². The van der Waals surface area contributed by atoms with Crippen molar-refractivity contribution in [3.63, 3.8) is 0 Å². The van der Waals surface area contributed by atoms with E-state index in [4.69, 9.17) is 0 Å². The highest BCUT2D eigenvalue weighted by Gasteiger charge is 2.11. The van der Waals surface area contributed by atoms with Gasteiger partial charge >= 0.3 is 0 Å². The molecule has 0 radical (unpaired) electrons. The maximum atomic E-state index is 13.3. The molecular formula is C15H11BrFNO2. The average Bonchev–Trinajstić information content (AvgIpc) is 2.37. The first-order valence-electron chi connectivity index (χ1n) is 5.84. The van der Waals surface area contributed by atoms with Crippen molar-refractivity contribution < 1.29 is 14.0 Å². The first-order valence-corrected chi connectivity index (χ1v) is 6.63. The SMILES string of the molecule is CC(=O)Nc1ccc(C(=O)c2cc(F)cc(Br)c2)cc1. The fourth-order valence-corrected chi connectivity index (χ4v) is 2.23. The molecule has 0 bridgehead atoms. The molecule has 0 unspecified atom stereocenters. The third-order valence-electron chi connectivity index (χ3n) is 2.59. The van der Waals surface area contributed by atoms with Gasteiger partial charge in [0, 0.05) is 28.2 Å². The smallest absolute Gasteiger partial charge is 0.221 e. The summed E-state index contributed by atoms with van der Waals surface area (Å²) in [5.74, 6) is -0.935. The zero-order valence-corrected chi connectivity index (χ0v) is 12.2. The van der Waals surface area contributed by atoms with E-state index in [9.17, 15) is 14.0 Å². The highest BCUT2D eigenvalue weighted by Crippen LogP contribution is 2.19. The molecule has 0 aliphatic carbocycles. The molecule has 0 aromatic heterocycles. The Morgan fingerprint density at radius 1 is 1.05 bits per heavy atom.